The second-order valence-corrected chi connectivity index (χ2v) is 11.9. The van der Waals surface area contributed by atoms with Crippen molar-refractivity contribution in [3.8, 4) is 22.7 Å². The average Bonchev–Trinajstić information content (AvgIpc) is 3.52. The molecule has 1 atom stereocenters. The third-order valence-corrected chi connectivity index (χ3v) is 7.58. The van der Waals surface area contributed by atoms with E-state index in [4.69, 9.17) is 20.7 Å². The highest BCUT2D eigenvalue weighted by Crippen LogP contribution is 2.38. The van der Waals surface area contributed by atoms with Crippen LogP contribution in [-0.4, -0.2) is 47.9 Å². The molecule has 1 unspecified atom stereocenters. The number of aliphatic hydroxyl groups is 2. The van der Waals surface area contributed by atoms with Crippen LogP contribution in [0.1, 0.15) is 73.3 Å². The molecule has 0 aliphatic carbocycles. The molecular weight excluding hydrogens is 542 g/mol. The second-order valence-electron chi connectivity index (χ2n) is 11.9. The predicted molar refractivity (Wildman–Crippen MR) is 167 cm³/mol. The molecule has 0 saturated carbocycles. The van der Waals surface area contributed by atoms with Crippen LogP contribution in [-0.2, 0) is 6.54 Å². The summed E-state index contributed by atoms with van der Waals surface area (Å²) in [4.78, 5) is 12.0. The Labute approximate surface area is 251 Å². The monoisotopic (exact) mass is 581 g/mol. The van der Waals surface area contributed by atoms with Gasteiger partial charge in [0.25, 0.3) is 0 Å². The summed E-state index contributed by atoms with van der Waals surface area (Å²) in [5.74, 6) is 0.0491. The normalized spacial score (nSPS) is 12.7. The number of nitrogens with zero attached hydrogens (tertiary/aromatic N) is 4. The van der Waals surface area contributed by atoms with Crippen molar-refractivity contribution >= 4 is 16.8 Å². The fourth-order valence-electron chi connectivity index (χ4n) is 5.36. The molecule has 224 valence electrons. The number of rotatable bonds is 11. The number of carbonyl (C=O) groups excluding carboxylic acids is 1. The molecular formula is C34H39N5O4. The highest BCUT2D eigenvalue weighted by atomic mass is 16.5. The zero-order valence-corrected chi connectivity index (χ0v) is 25.3. The molecule has 0 fully saturated rings. The molecule has 0 saturated heterocycles. The molecule has 43 heavy (non-hydrogen) atoms. The Morgan fingerprint density at radius 2 is 1.79 bits per heavy atom. The van der Waals surface area contributed by atoms with Gasteiger partial charge >= 0.3 is 0 Å². The van der Waals surface area contributed by atoms with E-state index in [-0.39, 0.29) is 12.5 Å². The van der Waals surface area contributed by atoms with Crippen LogP contribution in [0.25, 0.3) is 27.8 Å². The molecule has 0 radical (unpaired) electrons. The Morgan fingerprint density at radius 1 is 1.05 bits per heavy atom. The third kappa shape index (κ3) is 6.48. The fraction of sp³-hybridized carbons (Fsp3) is 0.324. The van der Waals surface area contributed by atoms with E-state index in [0.717, 1.165) is 39.0 Å². The molecule has 5 rings (SSSR count). The molecule has 2 heterocycles. The summed E-state index contributed by atoms with van der Waals surface area (Å²) < 4.78 is 9.73. The van der Waals surface area contributed by atoms with E-state index in [9.17, 15) is 15.0 Å². The molecule has 4 N–H and O–H groups in total. The van der Waals surface area contributed by atoms with Crippen molar-refractivity contribution in [1.29, 1.82) is 0 Å². The summed E-state index contributed by atoms with van der Waals surface area (Å²) in [5, 5.41) is 31.8. The minimum Gasteiger partial charge on any atom is -0.491 e. The van der Waals surface area contributed by atoms with Crippen LogP contribution in [0, 0.1) is 6.92 Å². The van der Waals surface area contributed by atoms with Crippen LogP contribution < -0.4 is 10.5 Å². The minimum absolute atomic E-state index is 0.151. The first-order valence-electron chi connectivity index (χ1n) is 14.5. The molecule has 2 aromatic heterocycles. The van der Waals surface area contributed by atoms with Crippen molar-refractivity contribution in [1.82, 2.24) is 19.6 Å². The van der Waals surface area contributed by atoms with Gasteiger partial charge in [-0.2, -0.15) is 10.2 Å². The number of aliphatic hydroxyl groups excluding tert-OH is 1. The number of aromatic nitrogens is 4. The standard InChI is InChI=1S/C34H39N5O4/c1-21(2)31-22(3)39(28-15-14-24(33(35)41)18-30(28)43-17-16-34(4,5)42)37-32(31)25-12-9-13-27-26(25)19-38(36-27)20-29(40)23-10-7-6-8-11-23/h6-15,18-19,21,29,40,42H,16-17,20H2,1-5H3,(H2,35,41). The number of carbonyl (C=O) groups is 1. The fourth-order valence-corrected chi connectivity index (χ4v) is 5.36. The van der Waals surface area contributed by atoms with Gasteiger partial charge < -0.3 is 20.7 Å². The number of hydrogen-bond donors (Lipinski definition) is 3. The Bertz CT molecular complexity index is 1750. The van der Waals surface area contributed by atoms with Gasteiger partial charge in [-0.15, -0.1) is 0 Å². The largest absolute Gasteiger partial charge is 0.491 e. The van der Waals surface area contributed by atoms with Crippen LogP contribution in [0.2, 0.25) is 0 Å². The summed E-state index contributed by atoms with van der Waals surface area (Å²) >= 11 is 0. The summed E-state index contributed by atoms with van der Waals surface area (Å²) in [5.41, 5.74) is 11.1. The van der Waals surface area contributed by atoms with E-state index >= 15 is 0 Å². The van der Waals surface area contributed by atoms with Gasteiger partial charge in [0, 0.05) is 40.4 Å². The van der Waals surface area contributed by atoms with Gasteiger partial charge in [-0.3, -0.25) is 9.48 Å². The molecule has 5 aromatic rings. The second kappa shape index (κ2) is 12.0. The van der Waals surface area contributed by atoms with E-state index in [0.29, 0.717) is 30.0 Å². The zero-order valence-electron chi connectivity index (χ0n) is 25.3. The number of fused-ring (bicyclic) bond motifs is 1. The maximum absolute atomic E-state index is 12.0. The van der Waals surface area contributed by atoms with Crippen LogP contribution in [0.4, 0.5) is 0 Å². The number of hydrogen-bond acceptors (Lipinski definition) is 6. The molecule has 0 spiro atoms. The maximum Gasteiger partial charge on any atom is 0.248 e. The van der Waals surface area contributed by atoms with E-state index in [1.807, 2.05) is 66.3 Å². The summed E-state index contributed by atoms with van der Waals surface area (Å²) in [6.45, 7) is 10.3. The first kappa shape index (κ1) is 30.0. The number of nitrogens with two attached hydrogens (primary N) is 1. The molecule has 0 aliphatic heterocycles. The lowest BCUT2D eigenvalue weighted by Crippen LogP contribution is -2.22. The highest BCUT2D eigenvalue weighted by molar-refractivity contribution is 5.95. The molecule has 0 aliphatic rings. The van der Waals surface area contributed by atoms with Gasteiger partial charge in [0.05, 0.1) is 36.1 Å². The summed E-state index contributed by atoms with van der Waals surface area (Å²) in [7, 11) is 0. The lowest BCUT2D eigenvalue weighted by atomic mass is 9.95. The lowest BCUT2D eigenvalue weighted by Gasteiger charge is -2.19. The summed E-state index contributed by atoms with van der Waals surface area (Å²) in [6.07, 6.45) is 1.67. The number of ether oxygens (including phenoxy) is 1. The number of benzene rings is 3. The van der Waals surface area contributed by atoms with Gasteiger partial charge in [-0.05, 0) is 56.5 Å². The van der Waals surface area contributed by atoms with E-state index < -0.39 is 17.6 Å². The van der Waals surface area contributed by atoms with E-state index in [1.165, 1.54) is 0 Å². The summed E-state index contributed by atoms with van der Waals surface area (Å²) in [6, 6.07) is 20.6. The molecule has 9 nitrogen and oxygen atoms in total. The van der Waals surface area contributed by atoms with Gasteiger partial charge in [-0.1, -0.05) is 56.3 Å². The van der Waals surface area contributed by atoms with E-state index in [1.54, 1.807) is 36.7 Å². The molecule has 0 bridgehead atoms. The Kier molecular flexibility index (Phi) is 8.39. The van der Waals surface area contributed by atoms with Crippen LogP contribution in [0.3, 0.4) is 0 Å². The predicted octanol–water partition coefficient (Wildman–Crippen LogP) is 5.69. The molecule has 9 heteroatoms. The molecule has 3 aromatic carbocycles. The van der Waals surface area contributed by atoms with Gasteiger partial charge in [0.1, 0.15) is 11.4 Å². The number of primary amides is 1. The topological polar surface area (TPSA) is 128 Å². The zero-order chi connectivity index (χ0) is 30.9. The van der Waals surface area contributed by atoms with Gasteiger partial charge in [-0.25, -0.2) is 4.68 Å². The third-order valence-electron chi connectivity index (χ3n) is 7.58. The maximum atomic E-state index is 12.0. The smallest absolute Gasteiger partial charge is 0.248 e. The van der Waals surface area contributed by atoms with Crippen LogP contribution >= 0.6 is 0 Å². The van der Waals surface area contributed by atoms with Crippen molar-refractivity contribution < 1.29 is 19.7 Å². The Morgan fingerprint density at radius 3 is 2.47 bits per heavy atom. The number of amides is 1. The van der Waals surface area contributed by atoms with Crippen molar-refractivity contribution in [3.63, 3.8) is 0 Å². The van der Waals surface area contributed by atoms with Crippen LogP contribution in [0.15, 0.2) is 72.9 Å². The van der Waals surface area contributed by atoms with Crippen molar-refractivity contribution in [2.24, 2.45) is 5.73 Å². The van der Waals surface area contributed by atoms with Crippen molar-refractivity contribution in [2.45, 2.75) is 65.2 Å². The highest BCUT2D eigenvalue weighted by Gasteiger charge is 2.24. The lowest BCUT2D eigenvalue weighted by molar-refractivity contribution is 0.0552. The molecule has 1 amide bonds. The quantitative estimate of drug-likeness (QED) is 0.184. The Balaban J connectivity index is 1.58. The first-order chi connectivity index (χ1) is 20.4. The van der Waals surface area contributed by atoms with Gasteiger partial charge in [0.2, 0.25) is 5.91 Å². The first-order valence-corrected chi connectivity index (χ1v) is 14.5. The van der Waals surface area contributed by atoms with Crippen molar-refractivity contribution in [2.75, 3.05) is 6.61 Å². The minimum atomic E-state index is -0.901. The van der Waals surface area contributed by atoms with E-state index in [2.05, 4.69) is 13.8 Å². The van der Waals surface area contributed by atoms with Crippen molar-refractivity contribution in [3.05, 3.63) is 95.3 Å². The SMILES string of the molecule is Cc1c(C(C)C)c(-c2cccc3nn(CC(O)c4ccccc4)cc23)nn1-c1ccc(C(N)=O)cc1OCCC(C)(C)O. The van der Waals surface area contributed by atoms with Gasteiger partial charge in [0.15, 0.2) is 0 Å². The van der Waals surface area contributed by atoms with Crippen LogP contribution in [0.5, 0.6) is 5.75 Å². The Hall–Kier alpha value is -4.47. The average molecular weight is 582 g/mol.